The molecule has 0 saturated carbocycles. The fourth-order valence-electron chi connectivity index (χ4n) is 2.30. The lowest BCUT2D eigenvalue weighted by atomic mass is 10.1. The van der Waals surface area contributed by atoms with Gasteiger partial charge in [-0.15, -0.1) is 0 Å². The summed E-state index contributed by atoms with van der Waals surface area (Å²) in [6.07, 6.45) is -0.112. The smallest absolute Gasteiger partial charge is 0.335 e. The van der Waals surface area contributed by atoms with Crippen molar-refractivity contribution in [3.8, 4) is 6.01 Å². The first kappa shape index (κ1) is 19.4. The summed E-state index contributed by atoms with van der Waals surface area (Å²) in [6.45, 7) is 9.33. The second kappa shape index (κ2) is 7.95. The van der Waals surface area contributed by atoms with E-state index in [4.69, 9.17) is 9.84 Å². The van der Waals surface area contributed by atoms with Crippen LogP contribution in [0.4, 0.5) is 5.69 Å². The first-order valence-corrected chi connectivity index (χ1v) is 8.38. The molecule has 7 heteroatoms. The molecule has 1 heterocycles. The molecule has 1 amide bonds. The molecule has 0 spiro atoms. The Morgan fingerprint density at radius 1 is 1.12 bits per heavy atom. The molecule has 0 saturated heterocycles. The maximum absolute atomic E-state index is 12.6. The summed E-state index contributed by atoms with van der Waals surface area (Å²) < 4.78 is 5.54. The number of ether oxygens (including phenoxy) is 1. The molecule has 0 aliphatic carbocycles. The van der Waals surface area contributed by atoms with Gasteiger partial charge in [0, 0.05) is 5.69 Å². The molecule has 26 heavy (non-hydrogen) atoms. The van der Waals surface area contributed by atoms with Gasteiger partial charge >= 0.3 is 12.0 Å². The zero-order valence-corrected chi connectivity index (χ0v) is 15.5. The van der Waals surface area contributed by atoms with E-state index in [1.54, 1.807) is 25.1 Å². The normalized spacial score (nSPS) is 10.9. The Hall–Kier alpha value is -2.96. The number of amides is 1. The molecule has 7 nitrogen and oxygen atoms in total. The third-order valence-corrected chi connectivity index (χ3v) is 3.61. The van der Waals surface area contributed by atoms with E-state index in [2.05, 4.69) is 15.3 Å². The molecular weight excluding hydrogens is 334 g/mol. The number of hydrogen-bond acceptors (Lipinski definition) is 5. The Balaban J connectivity index is 2.29. The number of carboxylic acids is 1. The molecule has 138 valence electrons. The van der Waals surface area contributed by atoms with Gasteiger partial charge in [-0.05, 0) is 56.5 Å². The summed E-state index contributed by atoms with van der Waals surface area (Å²) >= 11 is 0. The minimum absolute atomic E-state index is 0.108. The van der Waals surface area contributed by atoms with Crippen molar-refractivity contribution in [3.05, 3.63) is 46.8 Å². The zero-order valence-electron chi connectivity index (χ0n) is 15.5. The number of carboxylic acid groups (broad SMARTS) is 1. The highest BCUT2D eigenvalue weighted by atomic mass is 16.5. The van der Waals surface area contributed by atoms with Crippen LogP contribution >= 0.6 is 0 Å². The van der Waals surface area contributed by atoms with E-state index < -0.39 is 11.9 Å². The van der Waals surface area contributed by atoms with Crippen molar-refractivity contribution < 1.29 is 19.4 Å². The van der Waals surface area contributed by atoms with Crippen molar-refractivity contribution in [1.29, 1.82) is 0 Å². The van der Waals surface area contributed by atoms with Gasteiger partial charge in [-0.3, -0.25) is 4.79 Å². The van der Waals surface area contributed by atoms with Gasteiger partial charge in [0.25, 0.3) is 5.91 Å². The maximum Gasteiger partial charge on any atom is 0.335 e. The highest BCUT2D eigenvalue weighted by molar-refractivity contribution is 6.03. The topological polar surface area (TPSA) is 101 Å². The van der Waals surface area contributed by atoms with Crippen LogP contribution in [0.15, 0.2) is 24.3 Å². The van der Waals surface area contributed by atoms with Gasteiger partial charge in [0.1, 0.15) is 5.69 Å². The van der Waals surface area contributed by atoms with E-state index in [1.807, 2.05) is 27.7 Å². The first-order chi connectivity index (χ1) is 12.2. The van der Waals surface area contributed by atoms with Crippen LogP contribution in [0.5, 0.6) is 6.01 Å². The van der Waals surface area contributed by atoms with Crippen molar-refractivity contribution in [2.45, 2.75) is 46.6 Å². The standard InChI is InChI=1S/C19H23N3O4/c1-10(2)15-9-16(22-19(21-15)26-11(3)4)17(23)20-13-6-7-14(18(24)25)12(5)8-13/h6-11H,1-5H3,(H,20,23)(H,24,25). The second-order valence-electron chi connectivity index (χ2n) is 6.57. The minimum Gasteiger partial charge on any atom is -0.478 e. The highest BCUT2D eigenvalue weighted by Crippen LogP contribution is 2.19. The summed E-state index contributed by atoms with van der Waals surface area (Å²) in [5.74, 6) is -1.31. The van der Waals surface area contributed by atoms with E-state index in [0.29, 0.717) is 16.9 Å². The number of carbonyl (C=O) groups excluding carboxylic acids is 1. The molecule has 0 bridgehead atoms. The molecule has 2 rings (SSSR count). The lowest BCUT2D eigenvalue weighted by Crippen LogP contribution is -2.17. The number of aromatic nitrogens is 2. The average Bonchev–Trinajstić information content (AvgIpc) is 2.53. The Bertz CT molecular complexity index is 832. The summed E-state index contributed by atoms with van der Waals surface area (Å²) in [5, 5.41) is 11.8. The Morgan fingerprint density at radius 2 is 1.81 bits per heavy atom. The predicted molar refractivity (Wildman–Crippen MR) is 98.0 cm³/mol. The van der Waals surface area contributed by atoms with Crippen LogP contribution in [-0.4, -0.2) is 33.1 Å². The number of benzene rings is 1. The fraction of sp³-hybridized carbons (Fsp3) is 0.368. The number of aromatic carboxylic acids is 1. The molecule has 0 aliphatic heterocycles. The van der Waals surface area contributed by atoms with Crippen LogP contribution in [0.25, 0.3) is 0 Å². The van der Waals surface area contributed by atoms with Gasteiger partial charge in [-0.1, -0.05) is 13.8 Å². The van der Waals surface area contributed by atoms with Crippen LogP contribution in [-0.2, 0) is 0 Å². The molecule has 1 aromatic carbocycles. The van der Waals surface area contributed by atoms with Gasteiger partial charge in [-0.25, -0.2) is 4.79 Å². The van der Waals surface area contributed by atoms with Crippen LogP contribution in [0.2, 0.25) is 0 Å². The van der Waals surface area contributed by atoms with Gasteiger partial charge in [-0.2, -0.15) is 9.97 Å². The molecule has 1 aromatic heterocycles. The van der Waals surface area contributed by atoms with E-state index in [-0.39, 0.29) is 29.3 Å². The van der Waals surface area contributed by atoms with E-state index in [1.165, 1.54) is 6.07 Å². The Kier molecular flexibility index (Phi) is 5.92. The van der Waals surface area contributed by atoms with Crippen molar-refractivity contribution in [3.63, 3.8) is 0 Å². The van der Waals surface area contributed by atoms with Gasteiger partial charge in [0.2, 0.25) is 0 Å². The molecule has 2 aromatic rings. The monoisotopic (exact) mass is 357 g/mol. The van der Waals surface area contributed by atoms with Crippen LogP contribution in [0.3, 0.4) is 0 Å². The van der Waals surface area contributed by atoms with Crippen molar-refractivity contribution in [2.75, 3.05) is 5.32 Å². The van der Waals surface area contributed by atoms with Crippen molar-refractivity contribution >= 4 is 17.6 Å². The lowest BCUT2D eigenvalue weighted by Gasteiger charge is -2.13. The first-order valence-electron chi connectivity index (χ1n) is 8.38. The van der Waals surface area contributed by atoms with Gasteiger partial charge < -0.3 is 15.2 Å². The summed E-state index contributed by atoms with van der Waals surface area (Å²) in [4.78, 5) is 32.2. The number of carbonyl (C=O) groups is 2. The summed E-state index contributed by atoms with van der Waals surface area (Å²) in [6, 6.07) is 6.40. The van der Waals surface area contributed by atoms with Crippen molar-refractivity contribution in [1.82, 2.24) is 9.97 Å². The van der Waals surface area contributed by atoms with Crippen LogP contribution < -0.4 is 10.1 Å². The van der Waals surface area contributed by atoms with E-state index in [0.717, 1.165) is 0 Å². The minimum atomic E-state index is -1.01. The zero-order chi connectivity index (χ0) is 19.4. The number of nitrogens with one attached hydrogen (secondary N) is 1. The fourth-order valence-corrected chi connectivity index (χ4v) is 2.30. The van der Waals surface area contributed by atoms with E-state index in [9.17, 15) is 9.59 Å². The van der Waals surface area contributed by atoms with Crippen molar-refractivity contribution in [2.24, 2.45) is 0 Å². The molecule has 0 unspecified atom stereocenters. The predicted octanol–water partition coefficient (Wildman–Crippen LogP) is 3.65. The van der Waals surface area contributed by atoms with Gasteiger partial charge in [0.15, 0.2) is 0 Å². The average molecular weight is 357 g/mol. The third-order valence-electron chi connectivity index (χ3n) is 3.61. The quantitative estimate of drug-likeness (QED) is 0.818. The molecule has 0 radical (unpaired) electrons. The molecular formula is C19H23N3O4. The second-order valence-corrected chi connectivity index (χ2v) is 6.57. The van der Waals surface area contributed by atoms with Crippen LogP contribution in [0, 0.1) is 6.92 Å². The molecule has 0 atom stereocenters. The molecule has 0 fully saturated rings. The number of nitrogens with zero attached hydrogens (tertiary/aromatic N) is 2. The maximum atomic E-state index is 12.6. The molecule has 0 aliphatic rings. The Labute approximate surface area is 152 Å². The number of rotatable bonds is 6. The number of anilines is 1. The van der Waals surface area contributed by atoms with E-state index >= 15 is 0 Å². The SMILES string of the molecule is Cc1cc(NC(=O)c2cc(C(C)C)nc(OC(C)C)n2)ccc1C(=O)O. The summed E-state index contributed by atoms with van der Waals surface area (Å²) in [7, 11) is 0. The molecule has 2 N–H and O–H groups in total. The Morgan fingerprint density at radius 3 is 2.35 bits per heavy atom. The van der Waals surface area contributed by atoms with Crippen LogP contribution in [0.1, 0.15) is 65.7 Å². The third kappa shape index (κ3) is 4.78. The number of hydrogen-bond donors (Lipinski definition) is 2. The van der Waals surface area contributed by atoms with Gasteiger partial charge in [0.05, 0.1) is 17.4 Å². The highest BCUT2D eigenvalue weighted by Gasteiger charge is 2.16. The largest absolute Gasteiger partial charge is 0.478 e. The summed E-state index contributed by atoms with van der Waals surface area (Å²) in [5.41, 5.74) is 2.15. The number of aryl methyl sites for hydroxylation is 1. The lowest BCUT2D eigenvalue weighted by molar-refractivity contribution is 0.0696.